The maximum absolute atomic E-state index is 13.8. The third-order valence-corrected chi connectivity index (χ3v) is 3.13. The van der Waals surface area contributed by atoms with Gasteiger partial charge in [0.05, 0.1) is 11.3 Å². The summed E-state index contributed by atoms with van der Waals surface area (Å²) in [5, 5.41) is 12.0. The van der Waals surface area contributed by atoms with Gasteiger partial charge in [0, 0.05) is 10.2 Å². The van der Waals surface area contributed by atoms with Crippen LogP contribution in [0.25, 0.3) is 0 Å². The second-order valence-corrected chi connectivity index (χ2v) is 5.08. The third-order valence-electron chi connectivity index (χ3n) is 2.64. The van der Waals surface area contributed by atoms with E-state index in [4.69, 9.17) is 5.26 Å². The van der Waals surface area contributed by atoms with E-state index in [-0.39, 0.29) is 5.69 Å². The molecule has 2 rings (SSSR count). The van der Waals surface area contributed by atoms with Crippen LogP contribution in [0.15, 0.2) is 28.7 Å². The van der Waals surface area contributed by atoms with E-state index < -0.39 is 5.82 Å². The van der Waals surface area contributed by atoms with Crippen molar-refractivity contribution in [2.24, 2.45) is 0 Å². The van der Waals surface area contributed by atoms with Crippen molar-refractivity contribution in [3.05, 3.63) is 51.4 Å². The molecule has 19 heavy (non-hydrogen) atoms. The number of aryl methyl sites for hydroxylation is 2. The Labute approximate surface area is 119 Å². The molecule has 0 atom stereocenters. The molecule has 0 aliphatic carbocycles. The molecule has 1 N–H and O–H groups in total. The van der Waals surface area contributed by atoms with E-state index >= 15 is 0 Å². The van der Waals surface area contributed by atoms with E-state index in [0.29, 0.717) is 15.9 Å². The van der Waals surface area contributed by atoms with Crippen LogP contribution in [0.3, 0.4) is 0 Å². The summed E-state index contributed by atoms with van der Waals surface area (Å²) in [6.45, 7) is 3.66. The zero-order valence-electron chi connectivity index (χ0n) is 10.5. The summed E-state index contributed by atoms with van der Waals surface area (Å²) in [5.41, 5.74) is 2.30. The normalized spacial score (nSPS) is 10.1. The highest BCUT2D eigenvalue weighted by Gasteiger charge is 2.11. The second-order valence-electron chi connectivity index (χ2n) is 4.17. The fourth-order valence-corrected chi connectivity index (χ4v) is 2.12. The topological polar surface area (TPSA) is 48.7 Å². The van der Waals surface area contributed by atoms with Crippen LogP contribution in [-0.4, -0.2) is 4.98 Å². The monoisotopic (exact) mass is 319 g/mol. The first-order valence-corrected chi connectivity index (χ1v) is 6.41. The van der Waals surface area contributed by atoms with Crippen LogP contribution >= 0.6 is 15.9 Å². The number of hydrogen-bond donors (Lipinski definition) is 1. The number of hydrogen-bond acceptors (Lipinski definition) is 3. The summed E-state index contributed by atoms with van der Waals surface area (Å²) in [7, 11) is 0. The van der Waals surface area contributed by atoms with Gasteiger partial charge in [-0.2, -0.15) is 5.26 Å². The Bertz CT molecular complexity index is 677. The number of nitrogens with zero attached hydrogens (tertiary/aromatic N) is 2. The van der Waals surface area contributed by atoms with E-state index in [1.807, 2.05) is 19.9 Å². The van der Waals surface area contributed by atoms with Crippen LogP contribution in [0, 0.1) is 31.0 Å². The van der Waals surface area contributed by atoms with E-state index in [9.17, 15) is 4.39 Å². The lowest BCUT2D eigenvalue weighted by atomic mass is 10.1. The summed E-state index contributed by atoms with van der Waals surface area (Å²) >= 11 is 3.20. The molecular weight excluding hydrogens is 309 g/mol. The van der Waals surface area contributed by atoms with Gasteiger partial charge in [0.25, 0.3) is 0 Å². The van der Waals surface area contributed by atoms with Gasteiger partial charge in [-0.25, -0.2) is 9.37 Å². The average Bonchev–Trinajstić information content (AvgIpc) is 2.32. The molecule has 1 aromatic heterocycles. The third kappa shape index (κ3) is 2.91. The minimum absolute atomic E-state index is 0.289. The zero-order chi connectivity index (χ0) is 14.0. The lowest BCUT2D eigenvalue weighted by Gasteiger charge is -2.11. The van der Waals surface area contributed by atoms with Crippen LogP contribution in [0.2, 0.25) is 0 Å². The first kappa shape index (κ1) is 13.5. The van der Waals surface area contributed by atoms with Crippen molar-refractivity contribution in [3.8, 4) is 6.07 Å². The first-order chi connectivity index (χ1) is 9.01. The Morgan fingerprint density at radius 1 is 1.32 bits per heavy atom. The second kappa shape index (κ2) is 5.37. The van der Waals surface area contributed by atoms with Gasteiger partial charge in [-0.05, 0) is 43.7 Å². The predicted molar refractivity (Wildman–Crippen MR) is 75.8 cm³/mol. The van der Waals surface area contributed by atoms with E-state index in [1.165, 1.54) is 6.07 Å². The molecule has 0 amide bonds. The van der Waals surface area contributed by atoms with Crippen LogP contribution in [-0.2, 0) is 0 Å². The van der Waals surface area contributed by atoms with Crippen LogP contribution in [0.4, 0.5) is 15.9 Å². The average molecular weight is 320 g/mol. The Kier molecular flexibility index (Phi) is 3.82. The van der Waals surface area contributed by atoms with E-state index in [2.05, 4.69) is 32.3 Å². The van der Waals surface area contributed by atoms with Crippen LogP contribution in [0.1, 0.15) is 16.8 Å². The molecule has 0 saturated heterocycles. The molecular formula is C14H11BrFN3. The fourth-order valence-electron chi connectivity index (χ4n) is 1.79. The number of aromatic nitrogens is 1. The van der Waals surface area contributed by atoms with Crippen molar-refractivity contribution in [2.75, 3.05) is 5.32 Å². The molecule has 3 nitrogen and oxygen atoms in total. The number of pyridine rings is 1. The highest BCUT2D eigenvalue weighted by Crippen LogP contribution is 2.25. The molecule has 0 fully saturated rings. The summed E-state index contributed by atoms with van der Waals surface area (Å²) in [5.74, 6) is -0.0274. The highest BCUT2D eigenvalue weighted by atomic mass is 79.9. The zero-order valence-corrected chi connectivity index (χ0v) is 12.0. The van der Waals surface area contributed by atoms with E-state index in [0.717, 1.165) is 11.3 Å². The number of nitrogens with one attached hydrogen (secondary N) is 1. The van der Waals surface area contributed by atoms with Gasteiger partial charge in [-0.15, -0.1) is 0 Å². The van der Waals surface area contributed by atoms with Crippen molar-refractivity contribution in [1.82, 2.24) is 4.98 Å². The van der Waals surface area contributed by atoms with Crippen LogP contribution < -0.4 is 5.32 Å². The van der Waals surface area contributed by atoms with Gasteiger partial charge in [0.15, 0.2) is 0 Å². The summed E-state index contributed by atoms with van der Waals surface area (Å²) in [4.78, 5) is 4.25. The predicted octanol–water partition coefficient (Wildman–Crippen LogP) is 4.22. The standard InChI is InChI=1S/C14H11BrFN3/c1-8-5-9(2)18-14(11(8)7-17)19-13-4-3-10(15)6-12(13)16/h3-6H,1-2H3,(H,18,19). The largest absolute Gasteiger partial charge is 0.337 e. The number of halogens is 2. The molecule has 1 aromatic carbocycles. The van der Waals surface area contributed by atoms with Crippen molar-refractivity contribution < 1.29 is 4.39 Å². The lowest BCUT2D eigenvalue weighted by Crippen LogP contribution is -2.02. The van der Waals surface area contributed by atoms with Gasteiger partial charge in [-0.1, -0.05) is 15.9 Å². The molecule has 0 aliphatic rings. The number of benzene rings is 1. The van der Waals surface area contributed by atoms with E-state index in [1.54, 1.807) is 12.1 Å². The fraction of sp³-hybridized carbons (Fsp3) is 0.143. The number of anilines is 2. The Balaban J connectivity index is 2.46. The van der Waals surface area contributed by atoms with Gasteiger partial charge >= 0.3 is 0 Å². The quantitative estimate of drug-likeness (QED) is 0.901. The Morgan fingerprint density at radius 3 is 2.68 bits per heavy atom. The maximum atomic E-state index is 13.8. The molecule has 2 aromatic rings. The SMILES string of the molecule is Cc1cc(C)c(C#N)c(Nc2ccc(Br)cc2F)n1. The van der Waals surface area contributed by atoms with Crippen molar-refractivity contribution >= 4 is 27.4 Å². The molecule has 0 saturated carbocycles. The minimum atomic E-state index is -0.403. The molecule has 0 aliphatic heterocycles. The molecule has 5 heteroatoms. The molecule has 0 radical (unpaired) electrons. The molecule has 0 bridgehead atoms. The van der Waals surface area contributed by atoms with Gasteiger partial charge in [0.1, 0.15) is 17.7 Å². The highest BCUT2D eigenvalue weighted by molar-refractivity contribution is 9.10. The summed E-state index contributed by atoms with van der Waals surface area (Å²) < 4.78 is 14.4. The minimum Gasteiger partial charge on any atom is -0.337 e. The maximum Gasteiger partial charge on any atom is 0.148 e. The van der Waals surface area contributed by atoms with Gasteiger partial charge in [0.2, 0.25) is 0 Å². The Morgan fingerprint density at radius 2 is 2.05 bits per heavy atom. The van der Waals surface area contributed by atoms with Crippen LogP contribution in [0.5, 0.6) is 0 Å². The number of rotatable bonds is 2. The molecule has 96 valence electrons. The molecule has 0 unspecified atom stereocenters. The first-order valence-electron chi connectivity index (χ1n) is 5.61. The molecule has 0 spiro atoms. The number of nitriles is 1. The van der Waals surface area contributed by atoms with Crippen molar-refractivity contribution in [2.45, 2.75) is 13.8 Å². The smallest absolute Gasteiger partial charge is 0.148 e. The summed E-state index contributed by atoms with van der Waals surface area (Å²) in [6.07, 6.45) is 0. The lowest BCUT2D eigenvalue weighted by molar-refractivity contribution is 0.631. The Hall–Kier alpha value is -1.93. The van der Waals surface area contributed by atoms with Gasteiger partial charge < -0.3 is 5.32 Å². The summed E-state index contributed by atoms with van der Waals surface area (Å²) in [6, 6.07) is 8.58. The van der Waals surface area contributed by atoms with Crippen molar-refractivity contribution in [3.63, 3.8) is 0 Å². The van der Waals surface area contributed by atoms with Crippen molar-refractivity contribution in [1.29, 1.82) is 5.26 Å². The van der Waals surface area contributed by atoms with Gasteiger partial charge in [-0.3, -0.25) is 0 Å². The molecule has 1 heterocycles.